The summed E-state index contributed by atoms with van der Waals surface area (Å²) >= 11 is 0. The normalized spacial score (nSPS) is 22.2. The van der Waals surface area contributed by atoms with Gasteiger partial charge < -0.3 is 10.1 Å². The Hall–Kier alpha value is -1.59. The van der Waals surface area contributed by atoms with E-state index in [-0.39, 0.29) is 12.4 Å². The molecule has 0 aromatic carbocycles. The van der Waals surface area contributed by atoms with E-state index < -0.39 is 0 Å². The molecule has 2 atom stereocenters. The first-order valence-corrected chi connectivity index (χ1v) is 6.46. The van der Waals surface area contributed by atoms with E-state index in [2.05, 4.69) is 34.0 Å². The standard InChI is InChI=1S/C12H20N4O2/c1-4-8-6-9(5-2)16-12(13-8)14-10(15-16)7-11(17)18-3/h8-9H,4-7H2,1-3H3,(H,13,14,15). The van der Waals surface area contributed by atoms with Gasteiger partial charge in [0.25, 0.3) is 0 Å². The van der Waals surface area contributed by atoms with Crippen LogP contribution in [0.25, 0.3) is 0 Å². The van der Waals surface area contributed by atoms with Crippen LogP contribution in [0.5, 0.6) is 0 Å². The average molecular weight is 252 g/mol. The van der Waals surface area contributed by atoms with E-state index >= 15 is 0 Å². The maximum absolute atomic E-state index is 11.2. The lowest BCUT2D eigenvalue weighted by Crippen LogP contribution is -2.31. The number of methoxy groups -OCH3 is 1. The summed E-state index contributed by atoms with van der Waals surface area (Å²) in [6.07, 6.45) is 3.27. The van der Waals surface area contributed by atoms with Crippen LogP contribution >= 0.6 is 0 Å². The third-order valence-electron chi connectivity index (χ3n) is 3.40. The fourth-order valence-corrected chi connectivity index (χ4v) is 2.27. The van der Waals surface area contributed by atoms with Crippen molar-refractivity contribution in [3.05, 3.63) is 5.82 Å². The highest BCUT2D eigenvalue weighted by molar-refractivity contribution is 5.71. The highest BCUT2D eigenvalue weighted by Crippen LogP contribution is 2.28. The first-order chi connectivity index (χ1) is 8.67. The zero-order valence-electron chi connectivity index (χ0n) is 11.1. The van der Waals surface area contributed by atoms with Crippen molar-refractivity contribution >= 4 is 11.9 Å². The molecule has 2 rings (SSSR count). The minimum absolute atomic E-state index is 0.130. The minimum atomic E-state index is -0.307. The zero-order valence-corrected chi connectivity index (χ0v) is 11.1. The summed E-state index contributed by atoms with van der Waals surface area (Å²) in [6, 6.07) is 0.808. The Morgan fingerprint density at radius 2 is 2.28 bits per heavy atom. The summed E-state index contributed by atoms with van der Waals surface area (Å²) in [7, 11) is 1.37. The van der Waals surface area contributed by atoms with Gasteiger partial charge in [-0.1, -0.05) is 13.8 Å². The first-order valence-electron chi connectivity index (χ1n) is 6.46. The molecule has 1 N–H and O–H groups in total. The van der Waals surface area contributed by atoms with Crippen molar-refractivity contribution in [1.29, 1.82) is 0 Å². The maximum Gasteiger partial charge on any atom is 0.313 e. The summed E-state index contributed by atoms with van der Waals surface area (Å²) in [5.74, 6) is 0.997. The highest BCUT2D eigenvalue weighted by Gasteiger charge is 2.27. The summed E-state index contributed by atoms with van der Waals surface area (Å²) in [4.78, 5) is 15.6. The van der Waals surface area contributed by atoms with Gasteiger partial charge in [0.05, 0.1) is 13.2 Å². The number of anilines is 1. The van der Waals surface area contributed by atoms with E-state index in [4.69, 9.17) is 0 Å². The van der Waals surface area contributed by atoms with E-state index in [9.17, 15) is 4.79 Å². The highest BCUT2D eigenvalue weighted by atomic mass is 16.5. The van der Waals surface area contributed by atoms with Crippen molar-refractivity contribution < 1.29 is 9.53 Å². The Morgan fingerprint density at radius 3 is 2.89 bits per heavy atom. The molecule has 0 spiro atoms. The van der Waals surface area contributed by atoms with Crippen LogP contribution in [0.4, 0.5) is 5.95 Å². The molecule has 0 fully saturated rings. The Morgan fingerprint density at radius 1 is 1.50 bits per heavy atom. The Kier molecular flexibility index (Phi) is 3.84. The molecule has 0 aliphatic carbocycles. The van der Waals surface area contributed by atoms with Gasteiger partial charge >= 0.3 is 5.97 Å². The molecule has 0 amide bonds. The maximum atomic E-state index is 11.2. The topological polar surface area (TPSA) is 69.0 Å². The van der Waals surface area contributed by atoms with E-state index in [1.807, 2.05) is 4.68 Å². The quantitative estimate of drug-likeness (QED) is 0.823. The van der Waals surface area contributed by atoms with Gasteiger partial charge in [-0.05, 0) is 19.3 Å². The number of nitrogens with zero attached hydrogens (tertiary/aromatic N) is 3. The first kappa shape index (κ1) is 12.9. The number of carbonyl (C=O) groups is 1. The van der Waals surface area contributed by atoms with E-state index in [0.717, 1.165) is 25.2 Å². The molecule has 0 saturated carbocycles. The number of hydrogen-bond donors (Lipinski definition) is 1. The average Bonchev–Trinajstić information content (AvgIpc) is 2.79. The van der Waals surface area contributed by atoms with Crippen molar-refractivity contribution in [3.8, 4) is 0 Å². The van der Waals surface area contributed by atoms with Crippen LogP contribution in [0.1, 0.15) is 45.0 Å². The number of nitrogens with one attached hydrogen (secondary N) is 1. The smallest absolute Gasteiger partial charge is 0.313 e. The monoisotopic (exact) mass is 252 g/mol. The molecule has 0 radical (unpaired) electrons. The predicted molar refractivity (Wildman–Crippen MR) is 67.4 cm³/mol. The lowest BCUT2D eigenvalue weighted by atomic mass is 10.0. The van der Waals surface area contributed by atoms with Crippen molar-refractivity contribution in [2.75, 3.05) is 12.4 Å². The Balaban J connectivity index is 2.20. The number of ether oxygens (including phenoxy) is 1. The molecule has 2 unspecified atom stereocenters. The Labute approximate surface area is 107 Å². The van der Waals surface area contributed by atoms with Crippen LogP contribution in [0.15, 0.2) is 0 Å². The van der Waals surface area contributed by atoms with Gasteiger partial charge in [0, 0.05) is 6.04 Å². The largest absolute Gasteiger partial charge is 0.469 e. The number of rotatable bonds is 4. The van der Waals surface area contributed by atoms with Gasteiger partial charge in [-0.2, -0.15) is 10.1 Å². The number of fused-ring (bicyclic) bond motifs is 1. The van der Waals surface area contributed by atoms with Crippen LogP contribution in [-0.4, -0.2) is 33.9 Å². The van der Waals surface area contributed by atoms with E-state index in [1.165, 1.54) is 7.11 Å². The van der Waals surface area contributed by atoms with Crippen LogP contribution < -0.4 is 5.32 Å². The number of aromatic nitrogens is 3. The fourth-order valence-electron chi connectivity index (χ4n) is 2.27. The molecule has 1 aliphatic rings. The second kappa shape index (κ2) is 5.37. The van der Waals surface area contributed by atoms with Crippen molar-refractivity contribution in [2.45, 2.75) is 51.6 Å². The van der Waals surface area contributed by atoms with Crippen LogP contribution in [-0.2, 0) is 16.0 Å². The molecule has 0 saturated heterocycles. The van der Waals surface area contributed by atoms with Crippen molar-refractivity contribution in [2.24, 2.45) is 0 Å². The number of esters is 1. The molecule has 100 valence electrons. The molecule has 1 aliphatic heterocycles. The van der Waals surface area contributed by atoms with Gasteiger partial charge in [-0.3, -0.25) is 4.79 Å². The Bertz CT molecular complexity index is 430. The summed E-state index contributed by atoms with van der Waals surface area (Å²) in [5, 5.41) is 7.76. The summed E-state index contributed by atoms with van der Waals surface area (Å²) < 4.78 is 6.54. The zero-order chi connectivity index (χ0) is 13.1. The number of carbonyl (C=O) groups excluding carboxylic acids is 1. The third-order valence-corrected chi connectivity index (χ3v) is 3.40. The SMILES string of the molecule is CCC1CC(CC)n2nc(CC(=O)OC)nc2N1. The second-order valence-electron chi connectivity index (χ2n) is 4.60. The fraction of sp³-hybridized carbons (Fsp3) is 0.750. The van der Waals surface area contributed by atoms with Gasteiger partial charge in [0.2, 0.25) is 5.95 Å². The summed E-state index contributed by atoms with van der Waals surface area (Å²) in [6.45, 7) is 4.31. The lowest BCUT2D eigenvalue weighted by molar-refractivity contribution is -0.139. The van der Waals surface area contributed by atoms with Crippen molar-refractivity contribution in [1.82, 2.24) is 14.8 Å². The molecule has 6 heteroatoms. The molecule has 1 aromatic heterocycles. The van der Waals surface area contributed by atoms with Gasteiger partial charge in [-0.15, -0.1) is 0 Å². The molecule has 6 nitrogen and oxygen atoms in total. The lowest BCUT2D eigenvalue weighted by Gasteiger charge is -2.29. The number of hydrogen-bond acceptors (Lipinski definition) is 5. The van der Waals surface area contributed by atoms with Crippen LogP contribution in [0, 0.1) is 0 Å². The minimum Gasteiger partial charge on any atom is -0.469 e. The molecule has 18 heavy (non-hydrogen) atoms. The predicted octanol–water partition coefficient (Wildman–Crippen LogP) is 1.54. The molecule has 2 heterocycles. The summed E-state index contributed by atoms with van der Waals surface area (Å²) in [5.41, 5.74) is 0. The van der Waals surface area contributed by atoms with E-state index in [1.54, 1.807) is 0 Å². The third kappa shape index (κ3) is 2.47. The molecule has 0 bridgehead atoms. The van der Waals surface area contributed by atoms with Gasteiger partial charge in [0.15, 0.2) is 5.82 Å². The van der Waals surface area contributed by atoms with Gasteiger partial charge in [0.1, 0.15) is 6.42 Å². The molecular formula is C12H20N4O2. The molecular weight excluding hydrogens is 232 g/mol. The van der Waals surface area contributed by atoms with E-state index in [0.29, 0.717) is 17.9 Å². The van der Waals surface area contributed by atoms with Crippen LogP contribution in [0.3, 0.4) is 0 Å². The van der Waals surface area contributed by atoms with Gasteiger partial charge in [-0.25, -0.2) is 4.68 Å². The van der Waals surface area contributed by atoms with Crippen LogP contribution in [0.2, 0.25) is 0 Å². The second-order valence-corrected chi connectivity index (χ2v) is 4.60. The van der Waals surface area contributed by atoms with Crippen molar-refractivity contribution in [3.63, 3.8) is 0 Å². The molecule has 1 aromatic rings.